The van der Waals surface area contributed by atoms with Crippen molar-refractivity contribution in [2.45, 2.75) is 0 Å². The van der Waals surface area contributed by atoms with E-state index in [1.807, 2.05) is 0 Å². The molecule has 0 aliphatic rings. The first kappa shape index (κ1) is 10.6. The van der Waals surface area contributed by atoms with E-state index < -0.39 is 0 Å². The first-order chi connectivity index (χ1) is 6.63. The SMILES string of the molecule is N#CNC(N)=Nc1cc(Cl)ccc1Cl. The van der Waals surface area contributed by atoms with E-state index in [0.29, 0.717) is 15.7 Å². The molecule has 3 N–H and O–H groups in total. The van der Waals surface area contributed by atoms with E-state index in [0.717, 1.165) is 0 Å². The zero-order valence-corrected chi connectivity index (χ0v) is 8.47. The van der Waals surface area contributed by atoms with Gasteiger partial charge in [-0.25, -0.2) is 4.99 Å². The molecule has 4 nitrogen and oxygen atoms in total. The smallest absolute Gasteiger partial charge is 0.207 e. The number of halogens is 2. The van der Waals surface area contributed by atoms with E-state index in [1.165, 1.54) is 0 Å². The number of nitriles is 1. The molecule has 0 fully saturated rings. The average Bonchev–Trinajstić information content (AvgIpc) is 2.12. The van der Waals surface area contributed by atoms with E-state index in [1.54, 1.807) is 24.4 Å². The highest BCUT2D eigenvalue weighted by Crippen LogP contribution is 2.27. The van der Waals surface area contributed by atoms with Crippen LogP contribution in [0.2, 0.25) is 10.0 Å². The fraction of sp³-hybridized carbons (Fsp3) is 0. The lowest BCUT2D eigenvalue weighted by atomic mass is 10.3. The van der Waals surface area contributed by atoms with Crippen LogP contribution in [0.5, 0.6) is 0 Å². The number of rotatable bonds is 1. The van der Waals surface area contributed by atoms with E-state index in [9.17, 15) is 0 Å². The van der Waals surface area contributed by atoms with Crippen LogP contribution in [0.1, 0.15) is 0 Å². The molecule has 14 heavy (non-hydrogen) atoms. The van der Waals surface area contributed by atoms with Crippen LogP contribution in [0.25, 0.3) is 0 Å². The van der Waals surface area contributed by atoms with Crippen molar-refractivity contribution in [1.29, 1.82) is 5.26 Å². The summed E-state index contributed by atoms with van der Waals surface area (Å²) in [4.78, 5) is 3.85. The second-order valence-electron chi connectivity index (χ2n) is 2.33. The summed E-state index contributed by atoms with van der Waals surface area (Å²) in [5.41, 5.74) is 5.77. The summed E-state index contributed by atoms with van der Waals surface area (Å²) in [5.74, 6) is -0.0309. The molecular weight excluding hydrogens is 223 g/mol. The molecular formula is C8H6Cl2N4. The Kier molecular flexibility index (Phi) is 3.57. The van der Waals surface area contributed by atoms with Gasteiger partial charge in [0.15, 0.2) is 6.19 Å². The van der Waals surface area contributed by atoms with Gasteiger partial charge in [0.2, 0.25) is 5.96 Å². The Morgan fingerprint density at radius 3 is 2.86 bits per heavy atom. The maximum absolute atomic E-state index is 8.26. The molecule has 6 heteroatoms. The minimum absolute atomic E-state index is 0.0309. The molecule has 1 rings (SSSR count). The second kappa shape index (κ2) is 4.70. The van der Waals surface area contributed by atoms with Crippen LogP contribution in [0.4, 0.5) is 5.69 Å². The third kappa shape index (κ3) is 2.80. The van der Waals surface area contributed by atoms with Crippen molar-refractivity contribution in [2.75, 3.05) is 0 Å². The highest BCUT2D eigenvalue weighted by molar-refractivity contribution is 6.35. The van der Waals surface area contributed by atoms with E-state index >= 15 is 0 Å². The monoisotopic (exact) mass is 228 g/mol. The molecule has 0 heterocycles. The van der Waals surface area contributed by atoms with Gasteiger partial charge in [0.25, 0.3) is 0 Å². The first-order valence-electron chi connectivity index (χ1n) is 3.58. The van der Waals surface area contributed by atoms with Crippen molar-refractivity contribution < 1.29 is 0 Å². The maximum Gasteiger partial charge on any atom is 0.207 e. The Morgan fingerprint density at radius 1 is 1.50 bits per heavy atom. The van der Waals surface area contributed by atoms with Gasteiger partial charge in [-0.05, 0) is 18.2 Å². The maximum atomic E-state index is 8.26. The van der Waals surface area contributed by atoms with Crippen molar-refractivity contribution in [3.63, 3.8) is 0 Å². The molecule has 0 atom stereocenters. The molecule has 0 saturated carbocycles. The van der Waals surface area contributed by atoms with Crippen molar-refractivity contribution in [3.05, 3.63) is 28.2 Å². The van der Waals surface area contributed by atoms with Crippen LogP contribution in [-0.2, 0) is 0 Å². The molecule has 0 saturated heterocycles. The minimum atomic E-state index is -0.0309. The summed E-state index contributed by atoms with van der Waals surface area (Å²) in [5, 5.41) is 11.3. The zero-order valence-electron chi connectivity index (χ0n) is 6.96. The van der Waals surface area contributed by atoms with Crippen molar-refractivity contribution in [3.8, 4) is 6.19 Å². The predicted molar refractivity (Wildman–Crippen MR) is 56.5 cm³/mol. The van der Waals surface area contributed by atoms with Crippen LogP contribution >= 0.6 is 23.2 Å². The fourth-order valence-corrected chi connectivity index (χ4v) is 1.11. The normalized spacial score (nSPS) is 10.8. The summed E-state index contributed by atoms with van der Waals surface area (Å²) >= 11 is 11.5. The van der Waals surface area contributed by atoms with E-state index in [2.05, 4.69) is 10.3 Å². The number of benzene rings is 1. The van der Waals surface area contributed by atoms with E-state index in [4.69, 9.17) is 34.2 Å². The molecule has 0 amide bonds. The first-order valence-corrected chi connectivity index (χ1v) is 4.33. The number of hydrogen-bond donors (Lipinski definition) is 2. The van der Waals surface area contributed by atoms with Gasteiger partial charge < -0.3 is 5.73 Å². The lowest BCUT2D eigenvalue weighted by molar-refractivity contribution is 1.22. The minimum Gasteiger partial charge on any atom is -0.369 e. The van der Waals surface area contributed by atoms with Crippen LogP contribution in [0.3, 0.4) is 0 Å². The lowest BCUT2D eigenvalue weighted by Crippen LogP contribution is -2.26. The van der Waals surface area contributed by atoms with Crippen molar-refractivity contribution in [2.24, 2.45) is 10.7 Å². The van der Waals surface area contributed by atoms with Crippen LogP contribution < -0.4 is 11.1 Å². The molecule has 72 valence electrons. The Balaban J connectivity index is 3.02. The molecule has 0 bridgehead atoms. The topological polar surface area (TPSA) is 74.2 Å². The average molecular weight is 229 g/mol. The van der Waals surface area contributed by atoms with Crippen LogP contribution in [0, 0.1) is 11.5 Å². The predicted octanol–water partition coefficient (Wildman–Crippen LogP) is 2.01. The third-order valence-corrected chi connectivity index (χ3v) is 1.89. The molecule has 0 aliphatic carbocycles. The molecule has 0 aromatic heterocycles. The summed E-state index contributed by atoms with van der Waals surface area (Å²) < 4.78 is 0. The van der Waals surface area contributed by atoms with Gasteiger partial charge in [-0.1, -0.05) is 23.2 Å². The molecule has 0 unspecified atom stereocenters. The largest absolute Gasteiger partial charge is 0.369 e. The highest BCUT2D eigenvalue weighted by Gasteiger charge is 2.00. The van der Waals surface area contributed by atoms with Crippen LogP contribution in [-0.4, -0.2) is 5.96 Å². The Hall–Kier alpha value is -1.44. The summed E-state index contributed by atoms with van der Waals surface area (Å²) in [7, 11) is 0. The van der Waals surface area contributed by atoms with Crippen LogP contribution in [0.15, 0.2) is 23.2 Å². The molecule has 0 spiro atoms. The van der Waals surface area contributed by atoms with Gasteiger partial charge in [-0.15, -0.1) is 0 Å². The molecule has 1 aromatic carbocycles. The highest BCUT2D eigenvalue weighted by atomic mass is 35.5. The zero-order chi connectivity index (χ0) is 10.6. The molecule has 0 radical (unpaired) electrons. The summed E-state index contributed by atoms with van der Waals surface area (Å²) in [6.07, 6.45) is 1.64. The Bertz CT molecular complexity index is 408. The van der Waals surface area contributed by atoms with Gasteiger partial charge in [0, 0.05) is 5.02 Å². The standard InChI is InChI=1S/C8H6Cl2N4/c9-5-1-2-6(10)7(3-5)14-8(12)13-4-11/h1-3H,(H3,12,13,14). The number of aliphatic imine (C=N–C) groups is 1. The fourth-order valence-electron chi connectivity index (χ4n) is 0.786. The summed E-state index contributed by atoms with van der Waals surface area (Å²) in [6.45, 7) is 0. The van der Waals surface area contributed by atoms with Gasteiger partial charge in [-0.2, -0.15) is 5.26 Å². The third-order valence-electron chi connectivity index (χ3n) is 1.33. The molecule has 1 aromatic rings. The molecule has 0 aliphatic heterocycles. The Morgan fingerprint density at radius 2 is 2.21 bits per heavy atom. The number of nitrogens with one attached hydrogen (secondary N) is 1. The van der Waals surface area contributed by atoms with Crippen molar-refractivity contribution >= 4 is 34.8 Å². The van der Waals surface area contributed by atoms with Crippen molar-refractivity contribution in [1.82, 2.24) is 5.32 Å². The number of nitrogens with zero attached hydrogens (tertiary/aromatic N) is 2. The van der Waals surface area contributed by atoms with Gasteiger partial charge in [0.1, 0.15) is 0 Å². The lowest BCUT2D eigenvalue weighted by Gasteiger charge is -2.00. The van der Waals surface area contributed by atoms with E-state index in [-0.39, 0.29) is 5.96 Å². The summed E-state index contributed by atoms with van der Waals surface area (Å²) in [6, 6.07) is 4.79. The number of nitrogens with two attached hydrogens (primary N) is 1. The van der Waals surface area contributed by atoms with Gasteiger partial charge in [0.05, 0.1) is 10.7 Å². The quantitative estimate of drug-likeness (QED) is 0.334. The number of hydrogen-bond acceptors (Lipinski definition) is 2. The number of guanidine groups is 1. The second-order valence-corrected chi connectivity index (χ2v) is 3.17. The van der Waals surface area contributed by atoms with Gasteiger partial charge >= 0.3 is 0 Å². The Labute approximate surface area is 90.9 Å². The van der Waals surface area contributed by atoms with Gasteiger partial charge in [-0.3, -0.25) is 5.32 Å².